The minimum Gasteiger partial charge on any atom is -0.480 e. The summed E-state index contributed by atoms with van der Waals surface area (Å²) in [7, 11) is 0. The van der Waals surface area contributed by atoms with Crippen molar-refractivity contribution in [2.45, 2.75) is 44.9 Å². The Kier molecular flexibility index (Phi) is 7.79. The van der Waals surface area contributed by atoms with Crippen LogP contribution >= 0.6 is 11.8 Å². The summed E-state index contributed by atoms with van der Waals surface area (Å²) in [5.41, 5.74) is 0. The number of hydrogen-bond donors (Lipinski definition) is 2. The number of ether oxygens (including phenoxy) is 2. The zero-order chi connectivity index (χ0) is 16.6. The van der Waals surface area contributed by atoms with Crippen LogP contribution in [-0.4, -0.2) is 45.8 Å². The van der Waals surface area contributed by atoms with Crippen molar-refractivity contribution in [1.29, 1.82) is 0 Å². The van der Waals surface area contributed by atoms with Crippen LogP contribution in [0, 0.1) is 0 Å². The zero-order valence-corrected chi connectivity index (χ0v) is 13.1. The molecule has 0 aliphatic rings. The van der Waals surface area contributed by atoms with E-state index in [0.717, 1.165) is 0 Å². The number of hydrogen-bond acceptors (Lipinski definition) is 7. The normalized spacial score (nSPS) is 12.2. The van der Waals surface area contributed by atoms with Gasteiger partial charge in [0.25, 0.3) is 0 Å². The lowest BCUT2D eigenvalue weighted by Gasteiger charge is -2.29. The molecule has 9 heteroatoms. The number of nitrogens with one attached hydrogen (secondary N) is 1. The van der Waals surface area contributed by atoms with Crippen molar-refractivity contribution in [2.24, 2.45) is 0 Å². The molecular formula is C12H19NO7S. The van der Waals surface area contributed by atoms with Crippen molar-refractivity contribution in [2.75, 3.05) is 6.79 Å². The molecule has 0 aromatic carbocycles. The summed E-state index contributed by atoms with van der Waals surface area (Å²) < 4.78 is 8.08. The molecule has 0 aromatic rings. The largest absolute Gasteiger partial charge is 0.480 e. The van der Waals surface area contributed by atoms with E-state index < -0.39 is 40.7 Å². The van der Waals surface area contributed by atoms with Gasteiger partial charge in [0.05, 0.1) is 4.75 Å². The van der Waals surface area contributed by atoms with Crippen molar-refractivity contribution in [3.8, 4) is 0 Å². The number of thioether (sulfide) groups is 1. The first-order valence-corrected chi connectivity index (χ1v) is 6.93. The van der Waals surface area contributed by atoms with Gasteiger partial charge in [0, 0.05) is 13.3 Å². The second kappa shape index (κ2) is 8.50. The monoisotopic (exact) mass is 321 g/mol. The molecule has 0 bridgehead atoms. The maximum Gasteiger partial charge on any atom is 0.370 e. The van der Waals surface area contributed by atoms with E-state index in [1.165, 1.54) is 20.8 Å². The first-order chi connectivity index (χ1) is 9.60. The number of carboxylic acids is 1. The lowest BCUT2D eigenvalue weighted by Crippen LogP contribution is -2.52. The van der Waals surface area contributed by atoms with Gasteiger partial charge in [-0.3, -0.25) is 9.59 Å². The van der Waals surface area contributed by atoms with Crippen LogP contribution in [0.4, 0.5) is 4.79 Å². The third-order valence-electron chi connectivity index (χ3n) is 2.32. The first kappa shape index (κ1) is 19.2. The predicted molar refractivity (Wildman–Crippen MR) is 74.6 cm³/mol. The van der Waals surface area contributed by atoms with E-state index in [2.05, 4.69) is 14.8 Å². The molecule has 0 rings (SSSR count). The Hall–Kier alpha value is -1.77. The number of amides is 1. The minimum atomic E-state index is -1.27. The fourth-order valence-electron chi connectivity index (χ4n) is 1.28. The fourth-order valence-corrected chi connectivity index (χ4v) is 2.10. The Morgan fingerprint density at radius 2 is 1.81 bits per heavy atom. The van der Waals surface area contributed by atoms with Crippen LogP contribution < -0.4 is 5.32 Å². The highest BCUT2D eigenvalue weighted by Crippen LogP contribution is 2.30. The van der Waals surface area contributed by atoms with E-state index in [9.17, 15) is 19.2 Å². The van der Waals surface area contributed by atoms with Crippen molar-refractivity contribution in [1.82, 2.24) is 5.32 Å². The summed E-state index contributed by atoms with van der Waals surface area (Å²) in [6, 6.07) is -1.27. The van der Waals surface area contributed by atoms with Crippen LogP contribution in [0.1, 0.15) is 34.1 Å². The zero-order valence-electron chi connectivity index (χ0n) is 12.3. The van der Waals surface area contributed by atoms with Gasteiger partial charge in [-0.25, -0.2) is 9.59 Å². The fraction of sp³-hybridized carbons (Fsp3) is 0.667. The van der Waals surface area contributed by atoms with Crippen molar-refractivity contribution in [3.63, 3.8) is 0 Å². The van der Waals surface area contributed by atoms with Gasteiger partial charge in [0.2, 0.25) is 12.7 Å². The molecule has 120 valence electrons. The van der Waals surface area contributed by atoms with Gasteiger partial charge in [-0.15, -0.1) is 0 Å². The molecule has 0 aromatic heterocycles. The van der Waals surface area contributed by atoms with Gasteiger partial charge in [0.1, 0.15) is 6.04 Å². The third-order valence-corrected chi connectivity index (χ3v) is 3.37. The second-order valence-electron chi connectivity index (χ2n) is 4.56. The summed E-state index contributed by atoms with van der Waals surface area (Å²) in [5, 5.41) is 10.6. The predicted octanol–water partition coefficient (Wildman–Crippen LogP) is 1.13. The van der Waals surface area contributed by atoms with Crippen LogP contribution in [0.15, 0.2) is 0 Å². The highest BCUT2D eigenvalue weighted by molar-refractivity contribution is 8.14. The van der Waals surface area contributed by atoms with E-state index in [-0.39, 0.29) is 6.42 Å². The summed E-state index contributed by atoms with van der Waals surface area (Å²) in [6.45, 7) is 5.19. The van der Waals surface area contributed by atoms with Gasteiger partial charge in [-0.2, -0.15) is 0 Å². The Morgan fingerprint density at radius 3 is 2.24 bits per heavy atom. The Labute approximate surface area is 126 Å². The molecule has 1 amide bonds. The van der Waals surface area contributed by atoms with Crippen LogP contribution in [0.5, 0.6) is 0 Å². The van der Waals surface area contributed by atoms with Crippen molar-refractivity contribution < 1.29 is 33.8 Å². The Morgan fingerprint density at radius 1 is 1.24 bits per heavy atom. The van der Waals surface area contributed by atoms with Crippen LogP contribution in [0.25, 0.3) is 0 Å². The highest BCUT2D eigenvalue weighted by atomic mass is 32.2. The van der Waals surface area contributed by atoms with E-state index in [1.54, 1.807) is 6.92 Å². The number of carbonyl (C=O) groups is 4. The summed E-state index contributed by atoms with van der Waals surface area (Å²) in [4.78, 5) is 44.6. The summed E-state index contributed by atoms with van der Waals surface area (Å²) in [5.74, 6) is -2.32. The van der Waals surface area contributed by atoms with Gasteiger partial charge < -0.3 is 19.9 Å². The maximum absolute atomic E-state index is 11.6. The van der Waals surface area contributed by atoms with Crippen LogP contribution in [0.3, 0.4) is 0 Å². The highest BCUT2D eigenvalue weighted by Gasteiger charge is 2.39. The molecule has 8 nitrogen and oxygen atoms in total. The average Bonchev–Trinajstić information content (AvgIpc) is 2.34. The van der Waals surface area contributed by atoms with Crippen LogP contribution in [0.2, 0.25) is 0 Å². The molecule has 0 fully saturated rings. The number of rotatable bonds is 7. The van der Waals surface area contributed by atoms with E-state index in [0.29, 0.717) is 11.8 Å². The smallest absolute Gasteiger partial charge is 0.370 e. The van der Waals surface area contributed by atoms with Gasteiger partial charge in [-0.05, 0) is 25.6 Å². The lowest BCUT2D eigenvalue weighted by atomic mass is 10.0. The molecule has 21 heavy (non-hydrogen) atoms. The molecule has 0 radical (unpaired) electrons. The maximum atomic E-state index is 11.6. The molecule has 1 atom stereocenters. The number of carboxylic acid groups (broad SMARTS) is 1. The number of carbonyl (C=O) groups excluding carboxylic acids is 3. The standard InChI is InChI=1S/C12H19NO7S/c1-5-8(15)19-6-20-11(18)21-12(3,4)9(10(16)17)13-7(2)14/h9H,5-6H2,1-4H3,(H,13,14)(H,16,17). The molecule has 2 N–H and O–H groups in total. The topological polar surface area (TPSA) is 119 Å². The van der Waals surface area contributed by atoms with Gasteiger partial charge in [-0.1, -0.05) is 6.92 Å². The van der Waals surface area contributed by atoms with E-state index >= 15 is 0 Å². The molecule has 0 spiro atoms. The van der Waals surface area contributed by atoms with Crippen molar-refractivity contribution >= 4 is 34.9 Å². The molecular weight excluding hydrogens is 302 g/mol. The average molecular weight is 321 g/mol. The van der Waals surface area contributed by atoms with E-state index in [4.69, 9.17) is 5.11 Å². The van der Waals surface area contributed by atoms with Crippen molar-refractivity contribution in [3.05, 3.63) is 0 Å². The molecule has 0 aliphatic heterocycles. The van der Waals surface area contributed by atoms with Crippen LogP contribution in [-0.2, 0) is 23.9 Å². The Balaban J connectivity index is 4.54. The molecule has 1 unspecified atom stereocenters. The minimum absolute atomic E-state index is 0.153. The summed E-state index contributed by atoms with van der Waals surface area (Å²) >= 11 is 0.592. The first-order valence-electron chi connectivity index (χ1n) is 6.11. The van der Waals surface area contributed by atoms with Gasteiger partial charge >= 0.3 is 17.2 Å². The SMILES string of the molecule is CCC(=O)OCOC(=O)SC(C)(C)C(NC(C)=O)C(=O)O. The number of aliphatic carboxylic acids is 1. The summed E-state index contributed by atoms with van der Waals surface area (Å²) in [6.07, 6.45) is 0.153. The second-order valence-corrected chi connectivity index (χ2v) is 6.15. The lowest BCUT2D eigenvalue weighted by molar-refractivity contribution is -0.150. The quantitative estimate of drug-likeness (QED) is 0.529. The molecule has 0 saturated heterocycles. The molecule has 0 heterocycles. The third kappa shape index (κ3) is 7.54. The van der Waals surface area contributed by atoms with E-state index in [1.807, 2.05) is 0 Å². The Bertz CT molecular complexity index is 422. The molecule has 0 saturated carbocycles. The molecule has 0 aliphatic carbocycles. The van der Waals surface area contributed by atoms with Gasteiger partial charge in [0.15, 0.2) is 0 Å². The number of esters is 1.